The van der Waals surface area contributed by atoms with E-state index in [1.807, 2.05) is 13.0 Å². The van der Waals surface area contributed by atoms with E-state index >= 15 is 0 Å². The molecule has 1 rings (SSSR count). The molecule has 10 heteroatoms. The van der Waals surface area contributed by atoms with Gasteiger partial charge < -0.3 is 10.6 Å². The molecule has 1 aromatic rings. The monoisotopic (exact) mass is 507 g/mol. The fraction of sp³-hybridized carbons (Fsp3) is 0.625. The van der Waals surface area contributed by atoms with Crippen LogP contribution in [-0.4, -0.2) is 61.8 Å². The van der Waals surface area contributed by atoms with Crippen LogP contribution in [0, 0.1) is 0 Å². The molecule has 5 nitrogen and oxygen atoms in total. The van der Waals surface area contributed by atoms with Crippen LogP contribution < -0.4 is 10.6 Å². The Hall–Kier alpha value is -0.810. The molecule has 0 spiro atoms. The Morgan fingerprint density at radius 2 is 2.04 bits per heavy atom. The average molecular weight is 508 g/mol. The molecule has 0 aliphatic heterocycles. The van der Waals surface area contributed by atoms with Gasteiger partial charge in [-0.05, 0) is 45.0 Å². The third-order valence-electron chi connectivity index (χ3n) is 3.26. The number of aromatic nitrogens is 1. The molecule has 1 aromatic heterocycles. The topological polar surface area (TPSA) is 52.6 Å². The summed E-state index contributed by atoms with van der Waals surface area (Å²) >= 11 is 5.74. The Bertz CT molecular complexity index is 526. The molecule has 2 N–H and O–H groups in total. The molecule has 0 aliphatic carbocycles. The number of nitrogens with one attached hydrogen (secondary N) is 2. The van der Waals surface area contributed by atoms with Gasteiger partial charge >= 0.3 is 6.18 Å². The van der Waals surface area contributed by atoms with E-state index in [1.54, 1.807) is 12.3 Å². The maximum Gasteiger partial charge on any atom is 0.401 e. The van der Waals surface area contributed by atoms with E-state index in [-0.39, 0.29) is 24.0 Å². The average Bonchev–Trinajstić information content (AvgIpc) is 2.51. The van der Waals surface area contributed by atoms with E-state index < -0.39 is 12.7 Å². The van der Waals surface area contributed by atoms with Gasteiger partial charge in [-0.2, -0.15) is 13.2 Å². The van der Waals surface area contributed by atoms with Crippen molar-refractivity contribution in [2.24, 2.45) is 4.99 Å². The van der Waals surface area contributed by atoms with Gasteiger partial charge in [-0.15, -0.1) is 24.0 Å². The van der Waals surface area contributed by atoms with Gasteiger partial charge in [0.25, 0.3) is 0 Å². The lowest BCUT2D eigenvalue weighted by Gasteiger charge is -2.18. The highest BCUT2D eigenvalue weighted by Crippen LogP contribution is 2.15. The highest BCUT2D eigenvalue weighted by Gasteiger charge is 2.28. The van der Waals surface area contributed by atoms with E-state index in [0.29, 0.717) is 43.7 Å². The molecule has 0 saturated carbocycles. The van der Waals surface area contributed by atoms with Crippen LogP contribution in [0.3, 0.4) is 0 Å². The first-order valence-electron chi connectivity index (χ1n) is 8.18. The summed E-state index contributed by atoms with van der Waals surface area (Å²) in [6.07, 6.45) is -1.11. The Morgan fingerprint density at radius 1 is 1.31 bits per heavy atom. The number of aliphatic imine (C=N–C) groups is 1. The number of nitrogens with zero attached hydrogens (tertiary/aromatic N) is 3. The molecule has 0 atom stereocenters. The lowest BCUT2D eigenvalue weighted by atomic mass is 10.2. The minimum Gasteiger partial charge on any atom is -0.357 e. The summed E-state index contributed by atoms with van der Waals surface area (Å²) in [6.45, 7) is 3.24. The van der Waals surface area contributed by atoms with Crippen molar-refractivity contribution in [1.29, 1.82) is 0 Å². The fourth-order valence-corrected chi connectivity index (χ4v) is 2.25. The minimum absolute atomic E-state index is 0. The fourth-order valence-electron chi connectivity index (χ4n) is 2.14. The molecule has 150 valence electrons. The van der Waals surface area contributed by atoms with Crippen LogP contribution in [0.2, 0.25) is 5.15 Å². The van der Waals surface area contributed by atoms with E-state index in [2.05, 4.69) is 20.6 Å². The van der Waals surface area contributed by atoms with Gasteiger partial charge in [0, 0.05) is 25.8 Å². The summed E-state index contributed by atoms with van der Waals surface area (Å²) < 4.78 is 36.7. The first kappa shape index (κ1) is 25.2. The van der Waals surface area contributed by atoms with Gasteiger partial charge in [0.05, 0.1) is 6.54 Å². The Labute approximate surface area is 174 Å². The van der Waals surface area contributed by atoms with Gasteiger partial charge in [-0.25, -0.2) is 4.98 Å². The maximum absolute atomic E-state index is 12.2. The zero-order valence-corrected chi connectivity index (χ0v) is 18.0. The van der Waals surface area contributed by atoms with Crippen LogP contribution >= 0.6 is 35.6 Å². The van der Waals surface area contributed by atoms with Crippen LogP contribution in [0.15, 0.2) is 23.3 Å². The minimum atomic E-state index is -4.16. The smallest absolute Gasteiger partial charge is 0.357 e. The summed E-state index contributed by atoms with van der Waals surface area (Å²) in [7, 11) is 1.46. The number of rotatable bonds is 9. The number of hydrogen-bond donors (Lipinski definition) is 2. The SMILES string of the molecule is CCNC(=NCCCN(C)CC(F)(F)F)NCCc1ccc(Cl)nc1.I. The highest BCUT2D eigenvalue weighted by atomic mass is 127. The van der Waals surface area contributed by atoms with Crippen molar-refractivity contribution in [3.05, 3.63) is 29.0 Å². The quantitative estimate of drug-likeness (QED) is 0.177. The second-order valence-electron chi connectivity index (χ2n) is 5.63. The molecule has 0 amide bonds. The second kappa shape index (κ2) is 13.4. The zero-order valence-electron chi connectivity index (χ0n) is 14.9. The van der Waals surface area contributed by atoms with Crippen molar-refractivity contribution in [3.63, 3.8) is 0 Å². The van der Waals surface area contributed by atoms with Gasteiger partial charge in [-0.3, -0.25) is 9.89 Å². The Morgan fingerprint density at radius 3 is 2.62 bits per heavy atom. The predicted molar refractivity (Wildman–Crippen MR) is 111 cm³/mol. The van der Waals surface area contributed by atoms with Gasteiger partial charge in [0.1, 0.15) is 5.15 Å². The van der Waals surface area contributed by atoms with E-state index in [4.69, 9.17) is 11.6 Å². The lowest BCUT2D eigenvalue weighted by Crippen LogP contribution is -2.38. The van der Waals surface area contributed by atoms with Crippen molar-refractivity contribution in [2.45, 2.75) is 25.9 Å². The van der Waals surface area contributed by atoms with Gasteiger partial charge in [0.2, 0.25) is 0 Å². The summed E-state index contributed by atoms with van der Waals surface area (Å²) in [5.41, 5.74) is 1.06. The number of pyridine rings is 1. The maximum atomic E-state index is 12.2. The largest absolute Gasteiger partial charge is 0.401 e. The van der Waals surface area contributed by atoms with Crippen molar-refractivity contribution in [1.82, 2.24) is 20.5 Å². The van der Waals surface area contributed by atoms with Crippen LogP contribution in [0.4, 0.5) is 13.2 Å². The molecule has 0 aromatic carbocycles. The summed E-state index contributed by atoms with van der Waals surface area (Å²) in [4.78, 5) is 9.65. The molecular weight excluding hydrogens is 482 g/mol. The van der Waals surface area contributed by atoms with Crippen LogP contribution in [0.5, 0.6) is 0 Å². The van der Waals surface area contributed by atoms with Gasteiger partial charge in [0.15, 0.2) is 5.96 Å². The van der Waals surface area contributed by atoms with E-state index in [9.17, 15) is 13.2 Å². The zero-order chi connectivity index (χ0) is 18.7. The number of halogens is 5. The highest BCUT2D eigenvalue weighted by molar-refractivity contribution is 14.0. The number of hydrogen-bond acceptors (Lipinski definition) is 3. The number of alkyl halides is 3. The first-order valence-corrected chi connectivity index (χ1v) is 8.56. The van der Waals surface area contributed by atoms with Crippen molar-refractivity contribution >= 4 is 41.5 Å². The summed E-state index contributed by atoms with van der Waals surface area (Å²) in [6, 6.07) is 3.66. The normalized spacial score (nSPS) is 12.0. The third kappa shape index (κ3) is 12.5. The standard InChI is InChI=1S/C16H25ClF3N5.HI/c1-3-21-15(22-8-4-10-25(2)12-16(18,19)20)23-9-7-13-5-6-14(17)24-11-13;/h5-6,11H,3-4,7-10,12H2,1-2H3,(H2,21,22,23);1H. The van der Waals surface area contributed by atoms with E-state index in [1.165, 1.54) is 11.9 Å². The molecule has 0 fully saturated rings. The predicted octanol–water partition coefficient (Wildman–Crippen LogP) is 3.33. The molecule has 1 heterocycles. The molecular formula is C16H26ClF3IN5. The summed E-state index contributed by atoms with van der Waals surface area (Å²) in [5, 5.41) is 6.77. The number of guanidine groups is 1. The Balaban J connectivity index is 0.00000625. The lowest BCUT2D eigenvalue weighted by molar-refractivity contribution is -0.143. The molecule has 0 unspecified atom stereocenters. The third-order valence-corrected chi connectivity index (χ3v) is 3.48. The van der Waals surface area contributed by atoms with Crippen molar-refractivity contribution < 1.29 is 13.2 Å². The summed E-state index contributed by atoms with van der Waals surface area (Å²) in [5.74, 6) is 0.655. The van der Waals surface area contributed by atoms with Crippen LogP contribution in [-0.2, 0) is 6.42 Å². The van der Waals surface area contributed by atoms with Crippen molar-refractivity contribution in [3.8, 4) is 0 Å². The first-order chi connectivity index (χ1) is 11.8. The molecule has 0 radical (unpaired) electrons. The van der Waals surface area contributed by atoms with Crippen molar-refractivity contribution in [2.75, 3.05) is 39.8 Å². The second-order valence-corrected chi connectivity index (χ2v) is 6.02. The molecule has 26 heavy (non-hydrogen) atoms. The van der Waals surface area contributed by atoms with Gasteiger partial charge in [-0.1, -0.05) is 17.7 Å². The van der Waals surface area contributed by atoms with Crippen LogP contribution in [0.1, 0.15) is 18.9 Å². The molecule has 0 bridgehead atoms. The van der Waals surface area contributed by atoms with E-state index in [0.717, 1.165) is 12.0 Å². The van der Waals surface area contributed by atoms with Crippen LogP contribution in [0.25, 0.3) is 0 Å². The Kier molecular flexibility index (Phi) is 13.0. The molecule has 0 saturated heterocycles. The molecule has 0 aliphatic rings.